The van der Waals surface area contributed by atoms with E-state index in [4.69, 9.17) is 9.47 Å². The van der Waals surface area contributed by atoms with Gasteiger partial charge in [0.1, 0.15) is 6.61 Å². The Morgan fingerprint density at radius 3 is 1.85 bits per heavy atom. The van der Waals surface area contributed by atoms with Crippen molar-refractivity contribution < 1.29 is 39.5 Å². The molecule has 264 valence electrons. The monoisotopic (exact) mass is 648 g/mol. The molecular formula is C38H64O8. The first-order chi connectivity index (χ1) is 22.2. The molecule has 0 aliphatic carbocycles. The predicted molar refractivity (Wildman–Crippen MR) is 186 cm³/mol. The zero-order valence-corrected chi connectivity index (χ0v) is 28.8. The van der Waals surface area contributed by atoms with E-state index in [1.807, 2.05) is 19.1 Å². The van der Waals surface area contributed by atoms with Crippen LogP contribution in [0.15, 0.2) is 60.8 Å². The summed E-state index contributed by atoms with van der Waals surface area (Å²) in [4.78, 5) is 24.2. The van der Waals surface area contributed by atoms with Gasteiger partial charge in [0, 0.05) is 12.8 Å². The minimum atomic E-state index is -1.09. The third-order valence-corrected chi connectivity index (χ3v) is 7.35. The lowest BCUT2D eigenvalue weighted by Crippen LogP contribution is -2.29. The van der Waals surface area contributed by atoms with Gasteiger partial charge in [-0.05, 0) is 38.0 Å². The highest BCUT2D eigenvalue weighted by Crippen LogP contribution is 2.14. The van der Waals surface area contributed by atoms with Crippen molar-refractivity contribution in [1.82, 2.24) is 0 Å². The van der Waals surface area contributed by atoms with Gasteiger partial charge >= 0.3 is 11.9 Å². The Balaban J connectivity index is 4.01. The molecule has 8 nitrogen and oxygen atoms in total. The highest BCUT2D eigenvalue weighted by Gasteiger charge is 2.18. The van der Waals surface area contributed by atoms with E-state index < -0.39 is 37.0 Å². The molecule has 0 unspecified atom stereocenters. The van der Waals surface area contributed by atoms with Crippen molar-refractivity contribution in [3.63, 3.8) is 0 Å². The van der Waals surface area contributed by atoms with Crippen molar-refractivity contribution in [1.29, 1.82) is 0 Å². The third kappa shape index (κ3) is 28.9. The maximum absolute atomic E-state index is 12.2. The number of ether oxygens (including phenoxy) is 2. The first-order valence-electron chi connectivity index (χ1n) is 17.5. The van der Waals surface area contributed by atoms with Crippen molar-refractivity contribution in [3.8, 4) is 0 Å². The number of esters is 2. The molecule has 0 bridgehead atoms. The van der Waals surface area contributed by atoms with E-state index in [0.29, 0.717) is 12.8 Å². The van der Waals surface area contributed by atoms with Crippen molar-refractivity contribution in [3.05, 3.63) is 60.8 Å². The Morgan fingerprint density at radius 2 is 1.24 bits per heavy atom. The van der Waals surface area contributed by atoms with Gasteiger partial charge in [0.15, 0.2) is 6.10 Å². The molecule has 4 atom stereocenters. The number of unbranched alkanes of at least 4 members (excludes halogenated alkanes) is 8. The second-order valence-electron chi connectivity index (χ2n) is 12.3. The summed E-state index contributed by atoms with van der Waals surface area (Å²) in [6.45, 7) is 5.93. The minimum Gasteiger partial charge on any atom is -0.462 e. The molecule has 0 radical (unpaired) electrons. The molecule has 0 rings (SSSR count). The highest BCUT2D eigenvalue weighted by atomic mass is 16.6. The van der Waals surface area contributed by atoms with E-state index in [1.54, 1.807) is 42.5 Å². The standard InChI is InChI=1S/C38H64O8/c1-4-5-17-24-33(40)25-19-14-11-12-15-20-26-35(41)36(42)27-22-29-38(44)46-34(30-39)31-45-37(43)28-21-16-10-8-6-7-9-13-18-23-32(2)3/h5,11-12,14-15,17,19-20,25-26,32-36,39-42H,4,6-10,13,16,18,21-24,27-31H2,1-3H3/b14-11+,15-12-,17-5-,25-19+,26-20-/t33-,34-,35+,36+/m0/s1. The Bertz CT molecular complexity index is 889. The lowest BCUT2D eigenvalue weighted by atomic mass is 10.0. The van der Waals surface area contributed by atoms with E-state index in [9.17, 15) is 30.0 Å². The quantitative estimate of drug-likeness (QED) is 0.0289. The zero-order chi connectivity index (χ0) is 34.3. The molecule has 0 aliphatic heterocycles. The van der Waals surface area contributed by atoms with Gasteiger partial charge in [-0.25, -0.2) is 0 Å². The molecule has 0 aromatic rings. The number of aliphatic hydroxyl groups excluding tert-OH is 4. The fourth-order valence-electron chi connectivity index (χ4n) is 4.55. The fraction of sp³-hybridized carbons (Fsp3) is 0.684. The summed E-state index contributed by atoms with van der Waals surface area (Å²) in [7, 11) is 0. The molecule has 4 N–H and O–H groups in total. The van der Waals surface area contributed by atoms with Crippen LogP contribution in [0.5, 0.6) is 0 Å². The van der Waals surface area contributed by atoms with Crippen molar-refractivity contribution >= 4 is 11.9 Å². The molecule has 0 saturated carbocycles. The van der Waals surface area contributed by atoms with Crippen LogP contribution in [0.1, 0.15) is 124 Å². The number of hydrogen-bond donors (Lipinski definition) is 4. The summed E-state index contributed by atoms with van der Waals surface area (Å²) < 4.78 is 10.4. The molecule has 46 heavy (non-hydrogen) atoms. The van der Waals surface area contributed by atoms with Crippen LogP contribution in [-0.2, 0) is 19.1 Å². The van der Waals surface area contributed by atoms with Gasteiger partial charge in [-0.2, -0.15) is 0 Å². The van der Waals surface area contributed by atoms with Crippen LogP contribution < -0.4 is 0 Å². The topological polar surface area (TPSA) is 134 Å². The number of rotatable bonds is 29. The lowest BCUT2D eigenvalue weighted by Gasteiger charge is -2.17. The van der Waals surface area contributed by atoms with Crippen LogP contribution in [0, 0.1) is 5.92 Å². The first kappa shape index (κ1) is 43.5. The van der Waals surface area contributed by atoms with Gasteiger partial charge in [0.05, 0.1) is 24.9 Å². The van der Waals surface area contributed by atoms with Crippen molar-refractivity contribution in [2.75, 3.05) is 13.2 Å². The third-order valence-electron chi connectivity index (χ3n) is 7.35. The van der Waals surface area contributed by atoms with Gasteiger partial charge in [-0.1, -0.05) is 139 Å². The zero-order valence-electron chi connectivity index (χ0n) is 28.8. The Labute approximate surface area is 279 Å². The van der Waals surface area contributed by atoms with Crippen LogP contribution in [0.2, 0.25) is 0 Å². The average Bonchev–Trinajstić information content (AvgIpc) is 3.02. The molecule has 8 heteroatoms. The van der Waals surface area contributed by atoms with Gasteiger partial charge in [0.2, 0.25) is 0 Å². The fourth-order valence-corrected chi connectivity index (χ4v) is 4.55. The number of carbonyl (C=O) groups excluding carboxylic acids is 2. The van der Waals surface area contributed by atoms with E-state index in [0.717, 1.165) is 31.6 Å². The van der Waals surface area contributed by atoms with E-state index in [-0.39, 0.29) is 31.8 Å². The number of aliphatic hydroxyl groups is 4. The van der Waals surface area contributed by atoms with Gasteiger partial charge in [-0.3, -0.25) is 9.59 Å². The van der Waals surface area contributed by atoms with E-state index >= 15 is 0 Å². The van der Waals surface area contributed by atoms with Gasteiger partial charge in [0.25, 0.3) is 0 Å². The molecule has 0 saturated heterocycles. The maximum atomic E-state index is 12.2. The van der Waals surface area contributed by atoms with Crippen LogP contribution in [0.25, 0.3) is 0 Å². The Kier molecular flexibility index (Phi) is 29.4. The molecule has 0 fully saturated rings. The smallest absolute Gasteiger partial charge is 0.306 e. The normalized spacial score (nSPS) is 15.1. The first-order valence-corrected chi connectivity index (χ1v) is 17.5. The summed E-state index contributed by atoms with van der Waals surface area (Å²) in [5.41, 5.74) is 0. The Morgan fingerprint density at radius 1 is 0.674 bits per heavy atom. The highest BCUT2D eigenvalue weighted by molar-refractivity contribution is 5.70. The van der Waals surface area contributed by atoms with Crippen LogP contribution >= 0.6 is 0 Å². The second kappa shape index (κ2) is 31.1. The van der Waals surface area contributed by atoms with Crippen molar-refractivity contribution in [2.45, 2.75) is 148 Å². The number of hydrogen-bond acceptors (Lipinski definition) is 8. The van der Waals surface area contributed by atoms with Crippen molar-refractivity contribution in [2.24, 2.45) is 5.92 Å². The van der Waals surface area contributed by atoms with Crippen LogP contribution in [0.4, 0.5) is 0 Å². The molecule has 0 aromatic heterocycles. The molecule has 0 spiro atoms. The molecule has 0 aromatic carbocycles. The average molecular weight is 649 g/mol. The molecule has 0 heterocycles. The SMILES string of the molecule is CC/C=C\C[C@H](O)/C=C/C=C/C=C\C=C/[C@@H](O)[C@H](O)CCCC(=O)O[C@@H](CO)COC(=O)CCCCCCCCCCCC(C)C. The van der Waals surface area contributed by atoms with Crippen LogP contribution in [-0.4, -0.2) is 70.0 Å². The summed E-state index contributed by atoms with van der Waals surface area (Å²) in [6, 6.07) is 0. The van der Waals surface area contributed by atoms with E-state index in [1.165, 1.54) is 51.0 Å². The van der Waals surface area contributed by atoms with Gasteiger partial charge in [-0.15, -0.1) is 0 Å². The molecular weight excluding hydrogens is 584 g/mol. The summed E-state index contributed by atoms with van der Waals surface area (Å²) >= 11 is 0. The number of allylic oxidation sites excluding steroid dienone is 7. The molecule has 0 aliphatic rings. The second-order valence-corrected chi connectivity index (χ2v) is 12.3. The Hall–Kier alpha value is -2.52. The largest absolute Gasteiger partial charge is 0.462 e. The lowest BCUT2D eigenvalue weighted by molar-refractivity contribution is -0.161. The predicted octanol–water partition coefficient (Wildman–Crippen LogP) is 7.21. The van der Waals surface area contributed by atoms with Crippen LogP contribution in [0.3, 0.4) is 0 Å². The summed E-state index contributed by atoms with van der Waals surface area (Å²) in [5.74, 6) is -0.139. The van der Waals surface area contributed by atoms with Gasteiger partial charge < -0.3 is 29.9 Å². The minimum absolute atomic E-state index is 0.00229. The van der Waals surface area contributed by atoms with E-state index in [2.05, 4.69) is 13.8 Å². The maximum Gasteiger partial charge on any atom is 0.306 e. The summed E-state index contributed by atoms with van der Waals surface area (Å²) in [5, 5.41) is 39.6. The summed E-state index contributed by atoms with van der Waals surface area (Å²) in [6.07, 6.45) is 28.1. The number of carbonyl (C=O) groups is 2. The molecule has 0 amide bonds.